The maximum absolute atomic E-state index is 13.9. The molecule has 2 aromatic rings. The summed E-state index contributed by atoms with van der Waals surface area (Å²) in [6.45, 7) is 0. The first kappa shape index (κ1) is 17.7. The van der Waals surface area contributed by atoms with Gasteiger partial charge in [-0.15, -0.1) is 0 Å². The van der Waals surface area contributed by atoms with E-state index in [9.17, 15) is 21.6 Å². The number of hydrogen-bond donors (Lipinski definition) is 1. The minimum atomic E-state index is -4.91. The monoisotopic (exact) mass is 432 g/mol. The number of nitrogens with zero attached hydrogens (tertiary/aromatic N) is 1. The summed E-state index contributed by atoms with van der Waals surface area (Å²) in [5.41, 5.74) is 5.09. The van der Waals surface area contributed by atoms with Gasteiger partial charge in [0.1, 0.15) is 23.4 Å². The molecule has 0 radical (unpaired) electrons. The summed E-state index contributed by atoms with van der Waals surface area (Å²) in [6, 6.07) is 5.00. The number of alkyl halides is 2. The van der Waals surface area contributed by atoms with Crippen molar-refractivity contribution in [1.82, 2.24) is 0 Å². The van der Waals surface area contributed by atoms with Crippen LogP contribution in [0.3, 0.4) is 0 Å². The molecule has 25 heavy (non-hydrogen) atoms. The molecule has 1 heterocycles. The molecule has 1 unspecified atom stereocenters. The van der Waals surface area contributed by atoms with Crippen LogP contribution in [-0.2, 0) is 9.84 Å². The molecule has 0 saturated heterocycles. The Labute approximate surface area is 148 Å². The average Bonchev–Trinajstić information content (AvgIpc) is 2.67. The molecular weight excluding hydrogens is 425 g/mol. The quantitative estimate of drug-likeness (QED) is 0.781. The summed E-state index contributed by atoms with van der Waals surface area (Å²) in [5.74, 6) is -0.827. The highest BCUT2D eigenvalue weighted by molar-refractivity contribution is 9.10. The largest absolute Gasteiger partial charge is 0.456 e. The Kier molecular flexibility index (Phi) is 4.06. The second-order valence-corrected chi connectivity index (χ2v) is 8.01. The fourth-order valence-electron chi connectivity index (χ4n) is 2.45. The van der Waals surface area contributed by atoms with Crippen molar-refractivity contribution >= 4 is 25.8 Å². The average molecular weight is 433 g/mol. The predicted octanol–water partition coefficient (Wildman–Crippen LogP) is 3.63. The van der Waals surface area contributed by atoms with E-state index in [1.807, 2.05) is 0 Å². The number of nitriles is 1. The maximum Gasteiger partial charge on any atom is 0.368 e. The van der Waals surface area contributed by atoms with E-state index in [-0.39, 0.29) is 27.1 Å². The highest BCUT2D eigenvalue weighted by Gasteiger charge is 2.60. The van der Waals surface area contributed by atoms with Gasteiger partial charge in [0.25, 0.3) is 0 Å². The van der Waals surface area contributed by atoms with Crippen molar-refractivity contribution in [2.24, 2.45) is 5.73 Å². The van der Waals surface area contributed by atoms with Crippen molar-refractivity contribution in [2.75, 3.05) is 0 Å². The fourth-order valence-corrected chi connectivity index (χ4v) is 4.77. The molecule has 0 aliphatic carbocycles. The minimum Gasteiger partial charge on any atom is -0.456 e. The van der Waals surface area contributed by atoms with Crippen LogP contribution in [0.15, 0.2) is 39.7 Å². The fraction of sp³-hybridized carbons (Fsp3) is 0.133. The van der Waals surface area contributed by atoms with Crippen molar-refractivity contribution < 1.29 is 26.3 Å². The Morgan fingerprint density at radius 1 is 1.28 bits per heavy atom. The van der Waals surface area contributed by atoms with E-state index in [0.29, 0.717) is 0 Å². The van der Waals surface area contributed by atoms with Gasteiger partial charge in [0.2, 0.25) is 9.84 Å². The van der Waals surface area contributed by atoms with E-state index in [2.05, 4.69) is 15.9 Å². The number of benzene rings is 2. The van der Waals surface area contributed by atoms with E-state index >= 15 is 0 Å². The number of hydrogen-bond acceptors (Lipinski definition) is 5. The normalized spacial score (nSPS) is 19.9. The van der Waals surface area contributed by atoms with Gasteiger partial charge in [-0.3, -0.25) is 0 Å². The third-order valence-electron chi connectivity index (χ3n) is 3.65. The molecule has 1 aliphatic heterocycles. The molecule has 130 valence electrons. The summed E-state index contributed by atoms with van der Waals surface area (Å²) in [6.07, 6.45) is 0. The van der Waals surface area contributed by atoms with Crippen molar-refractivity contribution in [3.8, 4) is 17.6 Å². The zero-order valence-corrected chi connectivity index (χ0v) is 14.5. The van der Waals surface area contributed by atoms with Crippen LogP contribution in [0.4, 0.5) is 13.2 Å². The lowest BCUT2D eigenvalue weighted by atomic mass is 10.1. The van der Waals surface area contributed by atoms with Crippen LogP contribution < -0.4 is 10.5 Å². The molecule has 1 aliphatic rings. The molecule has 2 aromatic carbocycles. The second-order valence-electron chi connectivity index (χ2n) is 5.22. The topological polar surface area (TPSA) is 93.2 Å². The van der Waals surface area contributed by atoms with E-state index in [1.54, 1.807) is 6.07 Å². The first-order valence-electron chi connectivity index (χ1n) is 6.68. The molecule has 0 saturated carbocycles. The summed E-state index contributed by atoms with van der Waals surface area (Å²) < 4.78 is 70.4. The van der Waals surface area contributed by atoms with Gasteiger partial charge in [-0.1, -0.05) is 0 Å². The van der Waals surface area contributed by atoms with Gasteiger partial charge < -0.3 is 10.5 Å². The molecule has 0 spiro atoms. The van der Waals surface area contributed by atoms with E-state index in [1.165, 1.54) is 6.07 Å². The van der Waals surface area contributed by atoms with Gasteiger partial charge in [-0.05, 0) is 40.2 Å². The van der Waals surface area contributed by atoms with Gasteiger partial charge in [-0.25, -0.2) is 12.8 Å². The molecule has 0 aromatic heterocycles. The Morgan fingerprint density at radius 3 is 2.60 bits per heavy atom. The smallest absolute Gasteiger partial charge is 0.368 e. The Hall–Kier alpha value is -2.09. The SMILES string of the molecule is N#Cc1cc(F)cc(Oc2ccc3c(c2Br)C(N)C(F)(F)S3(=O)=O)c1. The van der Waals surface area contributed by atoms with Crippen molar-refractivity contribution in [2.45, 2.75) is 16.2 Å². The van der Waals surface area contributed by atoms with Crippen molar-refractivity contribution in [3.05, 3.63) is 51.7 Å². The summed E-state index contributed by atoms with van der Waals surface area (Å²) in [7, 11) is -4.91. The Balaban J connectivity index is 2.10. The van der Waals surface area contributed by atoms with Crippen LogP contribution in [0, 0.1) is 17.1 Å². The highest BCUT2D eigenvalue weighted by atomic mass is 79.9. The van der Waals surface area contributed by atoms with Crippen molar-refractivity contribution in [1.29, 1.82) is 5.26 Å². The molecule has 10 heteroatoms. The van der Waals surface area contributed by atoms with Gasteiger partial charge >= 0.3 is 5.25 Å². The minimum absolute atomic E-state index is 0.00176. The summed E-state index contributed by atoms with van der Waals surface area (Å²) in [5, 5.41) is 4.69. The lowest BCUT2D eigenvalue weighted by molar-refractivity contribution is 0.0681. The zero-order chi connectivity index (χ0) is 18.6. The third-order valence-corrected chi connectivity index (χ3v) is 6.38. The number of halogens is 4. The molecule has 0 bridgehead atoms. The number of sulfone groups is 1. The van der Waals surface area contributed by atoms with E-state index in [4.69, 9.17) is 15.7 Å². The van der Waals surface area contributed by atoms with Crippen LogP contribution in [0.1, 0.15) is 17.2 Å². The van der Waals surface area contributed by atoms with Crippen LogP contribution >= 0.6 is 15.9 Å². The molecule has 3 rings (SSSR count). The van der Waals surface area contributed by atoms with Crippen LogP contribution in [0.25, 0.3) is 0 Å². The molecular formula is C15H8BrF3N2O3S. The van der Waals surface area contributed by atoms with Gasteiger partial charge in [0, 0.05) is 11.6 Å². The molecule has 0 amide bonds. The second kappa shape index (κ2) is 5.72. The maximum atomic E-state index is 13.9. The van der Waals surface area contributed by atoms with Crippen LogP contribution in [-0.4, -0.2) is 13.7 Å². The van der Waals surface area contributed by atoms with Crippen LogP contribution in [0.2, 0.25) is 0 Å². The van der Waals surface area contributed by atoms with Gasteiger partial charge in [0.15, 0.2) is 0 Å². The summed E-state index contributed by atoms with van der Waals surface area (Å²) >= 11 is 3.03. The van der Waals surface area contributed by atoms with E-state index in [0.717, 1.165) is 24.3 Å². The Bertz CT molecular complexity index is 1040. The number of ether oxygens (including phenoxy) is 1. The van der Waals surface area contributed by atoms with Crippen LogP contribution in [0.5, 0.6) is 11.5 Å². The predicted molar refractivity (Wildman–Crippen MR) is 84.4 cm³/mol. The Morgan fingerprint density at radius 2 is 1.96 bits per heavy atom. The first-order valence-corrected chi connectivity index (χ1v) is 8.96. The third kappa shape index (κ3) is 2.59. The highest BCUT2D eigenvalue weighted by Crippen LogP contribution is 2.52. The molecule has 2 N–H and O–H groups in total. The number of rotatable bonds is 2. The van der Waals surface area contributed by atoms with E-state index < -0.39 is 31.8 Å². The van der Waals surface area contributed by atoms with Crippen molar-refractivity contribution in [3.63, 3.8) is 0 Å². The zero-order valence-electron chi connectivity index (χ0n) is 12.1. The van der Waals surface area contributed by atoms with Gasteiger partial charge in [-0.2, -0.15) is 14.0 Å². The van der Waals surface area contributed by atoms with Gasteiger partial charge in [0.05, 0.1) is 21.0 Å². The summed E-state index contributed by atoms with van der Waals surface area (Å²) in [4.78, 5) is -0.596. The number of nitrogens with two attached hydrogens (primary N) is 1. The first-order chi connectivity index (χ1) is 11.6. The molecule has 1 atom stereocenters. The standard InChI is InChI=1S/C15H8BrF3N2O3S/c16-13-10(24-9-4-7(6-20)3-8(17)5-9)1-2-11-12(13)14(21)15(18,19)25(11,22)23/h1-5,14H,21H2. The number of fused-ring (bicyclic) bond motifs is 1. The molecule has 0 fully saturated rings. The lowest BCUT2D eigenvalue weighted by Gasteiger charge is -2.15. The lowest BCUT2D eigenvalue weighted by Crippen LogP contribution is -2.33. The molecule has 5 nitrogen and oxygen atoms in total.